The molecule has 196 valence electrons. The molecule has 2 amide bonds. The lowest BCUT2D eigenvalue weighted by Gasteiger charge is -2.31. The molecule has 0 radical (unpaired) electrons. The van der Waals surface area contributed by atoms with Crippen molar-refractivity contribution in [1.82, 2.24) is 10.2 Å². The number of benzene rings is 3. The second-order valence-corrected chi connectivity index (χ2v) is 11.1. The zero-order valence-corrected chi connectivity index (χ0v) is 22.6. The first-order valence-electron chi connectivity index (χ1n) is 12.0. The van der Waals surface area contributed by atoms with Gasteiger partial charge in [-0.05, 0) is 41.8 Å². The van der Waals surface area contributed by atoms with Gasteiger partial charge in [0.2, 0.25) is 21.8 Å². The molecule has 1 atom stereocenters. The van der Waals surface area contributed by atoms with Crippen LogP contribution in [0, 0.1) is 0 Å². The fourth-order valence-electron chi connectivity index (χ4n) is 4.11. The van der Waals surface area contributed by atoms with E-state index in [0.717, 1.165) is 17.4 Å². The van der Waals surface area contributed by atoms with Crippen LogP contribution in [0.1, 0.15) is 24.0 Å². The zero-order chi connectivity index (χ0) is 26.8. The summed E-state index contributed by atoms with van der Waals surface area (Å²) < 4.78 is 26.2. The van der Waals surface area contributed by atoms with Crippen molar-refractivity contribution in [2.45, 2.75) is 31.8 Å². The van der Waals surface area contributed by atoms with Crippen molar-refractivity contribution >= 4 is 39.1 Å². The summed E-state index contributed by atoms with van der Waals surface area (Å²) in [6.07, 6.45) is 1.85. The Balaban J connectivity index is 1.81. The molecule has 1 unspecified atom stereocenters. The normalized spacial score (nSPS) is 12.0. The first-order valence-corrected chi connectivity index (χ1v) is 14.2. The summed E-state index contributed by atoms with van der Waals surface area (Å²) in [5, 5.41) is 3.20. The van der Waals surface area contributed by atoms with Gasteiger partial charge in [-0.1, -0.05) is 72.3 Å². The van der Waals surface area contributed by atoms with Crippen LogP contribution in [0.3, 0.4) is 0 Å². The molecule has 0 aliphatic rings. The minimum Gasteiger partial charge on any atom is -0.357 e. The van der Waals surface area contributed by atoms with Crippen LogP contribution < -0.4 is 9.62 Å². The summed E-state index contributed by atoms with van der Waals surface area (Å²) in [6.45, 7) is 0.381. The van der Waals surface area contributed by atoms with Gasteiger partial charge in [-0.25, -0.2) is 8.42 Å². The summed E-state index contributed by atoms with van der Waals surface area (Å²) in [5.41, 5.74) is 2.32. The lowest BCUT2D eigenvalue weighted by Crippen LogP contribution is -2.49. The Labute approximate surface area is 224 Å². The number of nitrogens with one attached hydrogen (secondary N) is 1. The highest BCUT2D eigenvalue weighted by atomic mass is 35.5. The van der Waals surface area contributed by atoms with Crippen LogP contribution in [0.2, 0.25) is 5.02 Å². The molecule has 37 heavy (non-hydrogen) atoms. The number of nitrogens with zero attached hydrogens (tertiary/aromatic N) is 2. The smallest absolute Gasteiger partial charge is 0.242 e. The lowest BCUT2D eigenvalue weighted by molar-refractivity contribution is -0.141. The van der Waals surface area contributed by atoms with Crippen LogP contribution in [0.5, 0.6) is 0 Å². The summed E-state index contributed by atoms with van der Waals surface area (Å²) in [6, 6.07) is 24.8. The largest absolute Gasteiger partial charge is 0.357 e. The average molecular weight is 542 g/mol. The summed E-state index contributed by atoms with van der Waals surface area (Å²) >= 11 is 5.95. The third-order valence-electron chi connectivity index (χ3n) is 5.98. The SMILES string of the molecule is CNC(=O)C(Cc1ccccc1)N(Cc1ccccc1)C(=O)CCCN(c1ccc(Cl)cc1)S(C)(=O)=O. The predicted octanol–water partition coefficient (Wildman–Crippen LogP) is 4.27. The zero-order valence-electron chi connectivity index (χ0n) is 21.0. The van der Waals surface area contributed by atoms with Crippen LogP contribution in [0.15, 0.2) is 84.9 Å². The highest BCUT2D eigenvalue weighted by Crippen LogP contribution is 2.22. The minimum absolute atomic E-state index is 0.0781. The first-order chi connectivity index (χ1) is 17.7. The molecule has 7 nitrogen and oxygen atoms in total. The first kappa shape index (κ1) is 28.2. The Kier molecular flexibility index (Phi) is 10.1. The van der Waals surface area contributed by atoms with Gasteiger partial charge < -0.3 is 10.2 Å². The van der Waals surface area contributed by atoms with Gasteiger partial charge in [-0.15, -0.1) is 0 Å². The summed E-state index contributed by atoms with van der Waals surface area (Å²) in [7, 11) is -2.01. The van der Waals surface area contributed by atoms with E-state index in [1.165, 1.54) is 4.31 Å². The van der Waals surface area contributed by atoms with Crippen molar-refractivity contribution in [1.29, 1.82) is 0 Å². The molecule has 0 bridgehead atoms. The summed E-state index contributed by atoms with van der Waals surface area (Å²) in [4.78, 5) is 28.1. The van der Waals surface area contributed by atoms with Crippen molar-refractivity contribution in [3.05, 3.63) is 101 Å². The van der Waals surface area contributed by atoms with Gasteiger partial charge in [0.1, 0.15) is 6.04 Å². The second-order valence-electron chi connectivity index (χ2n) is 8.74. The number of rotatable bonds is 12. The maximum absolute atomic E-state index is 13.6. The van der Waals surface area contributed by atoms with Gasteiger partial charge in [0.05, 0.1) is 11.9 Å². The average Bonchev–Trinajstić information content (AvgIpc) is 2.89. The van der Waals surface area contributed by atoms with Crippen LogP contribution in [-0.2, 0) is 32.6 Å². The minimum atomic E-state index is -3.57. The van der Waals surface area contributed by atoms with Crippen LogP contribution in [0.25, 0.3) is 0 Å². The van der Waals surface area contributed by atoms with Gasteiger partial charge in [0.15, 0.2) is 0 Å². The van der Waals surface area contributed by atoms with E-state index in [4.69, 9.17) is 11.6 Å². The van der Waals surface area contributed by atoms with Crippen molar-refractivity contribution in [3.8, 4) is 0 Å². The number of carbonyl (C=O) groups excluding carboxylic acids is 2. The highest BCUT2D eigenvalue weighted by molar-refractivity contribution is 7.92. The van der Waals surface area contributed by atoms with E-state index < -0.39 is 16.1 Å². The molecule has 0 fully saturated rings. The van der Waals surface area contributed by atoms with Gasteiger partial charge in [-0.3, -0.25) is 13.9 Å². The van der Waals surface area contributed by atoms with Crippen LogP contribution >= 0.6 is 11.6 Å². The molecular formula is C28H32ClN3O4S. The van der Waals surface area contributed by atoms with Crippen LogP contribution in [0.4, 0.5) is 5.69 Å². The fourth-order valence-corrected chi connectivity index (χ4v) is 5.20. The maximum atomic E-state index is 13.6. The molecule has 3 aromatic rings. The molecule has 0 spiro atoms. The number of hydrogen-bond acceptors (Lipinski definition) is 4. The van der Waals surface area contributed by atoms with Crippen LogP contribution in [-0.4, -0.2) is 51.0 Å². The molecule has 1 N–H and O–H groups in total. The number of amides is 2. The van der Waals surface area contributed by atoms with E-state index >= 15 is 0 Å². The molecule has 0 aromatic heterocycles. The van der Waals surface area contributed by atoms with E-state index in [2.05, 4.69) is 5.32 Å². The topological polar surface area (TPSA) is 86.8 Å². The molecule has 0 saturated heterocycles. The second kappa shape index (κ2) is 13.3. The maximum Gasteiger partial charge on any atom is 0.242 e. The number of hydrogen-bond donors (Lipinski definition) is 1. The Morgan fingerprint density at radius 2 is 1.46 bits per heavy atom. The number of likely N-dealkylation sites (N-methyl/N-ethyl adjacent to an activating group) is 1. The predicted molar refractivity (Wildman–Crippen MR) is 148 cm³/mol. The molecular weight excluding hydrogens is 510 g/mol. The molecule has 9 heteroatoms. The Morgan fingerprint density at radius 1 is 0.892 bits per heavy atom. The van der Waals surface area contributed by atoms with E-state index in [1.807, 2.05) is 60.7 Å². The fraction of sp³-hybridized carbons (Fsp3) is 0.286. The Hall–Kier alpha value is -3.36. The Morgan fingerprint density at radius 3 is 2.00 bits per heavy atom. The number of sulfonamides is 1. The van der Waals surface area contributed by atoms with E-state index in [0.29, 0.717) is 17.1 Å². The van der Waals surface area contributed by atoms with Gasteiger partial charge in [0, 0.05) is 38.0 Å². The quantitative estimate of drug-likeness (QED) is 0.371. The molecule has 0 aliphatic carbocycles. The van der Waals surface area contributed by atoms with Crippen molar-refractivity contribution < 1.29 is 18.0 Å². The van der Waals surface area contributed by atoms with E-state index in [-0.39, 0.29) is 37.7 Å². The van der Waals surface area contributed by atoms with Crippen molar-refractivity contribution in [2.75, 3.05) is 24.2 Å². The summed E-state index contributed by atoms with van der Waals surface area (Å²) in [5.74, 6) is -0.481. The van der Waals surface area contributed by atoms with E-state index in [9.17, 15) is 18.0 Å². The standard InChI is InChI=1S/C28H32ClN3O4S/c1-30-28(34)26(20-22-10-5-3-6-11-22)31(21-23-12-7-4-8-13-23)27(33)14-9-19-32(37(2,35)36)25-17-15-24(29)16-18-25/h3-8,10-13,15-18,26H,9,14,19-21H2,1-2H3,(H,30,34). The highest BCUT2D eigenvalue weighted by Gasteiger charge is 2.30. The van der Waals surface area contributed by atoms with E-state index in [1.54, 1.807) is 36.2 Å². The third-order valence-corrected chi connectivity index (χ3v) is 7.43. The van der Waals surface area contributed by atoms with Crippen molar-refractivity contribution in [3.63, 3.8) is 0 Å². The van der Waals surface area contributed by atoms with Crippen molar-refractivity contribution in [2.24, 2.45) is 0 Å². The molecule has 0 saturated carbocycles. The number of carbonyl (C=O) groups is 2. The Bertz CT molecular complexity index is 1270. The third kappa shape index (κ3) is 8.33. The number of halogens is 1. The number of anilines is 1. The molecule has 0 aliphatic heterocycles. The monoisotopic (exact) mass is 541 g/mol. The molecule has 3 aromatic carbocycles. The van der Waals surface area contributed by atoms with Gasteiger partial charge >= 0.3 is 0 Å². The van der Waals surface area contributed by atoms with Gasteiger partial charge in [0.25, 0.3) is 0 Å². The molecule has 0 heterocycles. The molecule has 3 rings (SSSR count). The lowest BCUT2D eigenvalue weighted by atomic mass is 10.0. The van der Waals surface area contributed by atoms with Gasteiger partial charge in [-0.2, -0.15) is 0 Å².